The van der Waals surface area contributed by atoms with E-state index in [0.29, 0.717) is 18.7 Å². The molecule has 0 unspecified atom stereocenters. The number of quaternary nitrogens is 2. The molecule has 1 amide bonds. The van der Waals surface area contributed by atoms with E-state index in [1.165, 1.54) is 17.4 Å². The zero-order valence-electron chi connectivity index (χ0n) is 12.9. The number of carbonyl (C=O) groups excluding carboxylic acids is 2. The largest absolute Gasteiger partial charge is 0.544 e. The predicted octanol–water partition coefficient (Wildman–Crippen LogP) is -2.45. The SMILES string of the molecule is Cc1ccc(NC(=O)C[C@H]([NH2+]CCC[NH3+])C(=O)[O-])c([N+](=O)[O-])c1. The maximum atomic E-state index is 12.0. The summed E-state index contributed by atoms with van der Waals surface area (Å²) in [5.41, 5.74) is 4.15. The van der Waals surface area contributed by atoms with Crippen LogP contribution in [0.5, 0.6) is 0 Å². The highest BCUT2D eigenvalue weighted by molar-refractivity contribution is 5.95. The number of aliphatic carboxylic acids is 1. The van der Waals surface area contributed by atoms with Crippen molar-refractivity contribution in [1.29, 1.82) is 0 Å². The molecule has 1 rings (SSSR count). The van der Waals surface area contributed by atoms with Crippen LogP contribution in [0, 0.1) is 17.0 Å². The second-order valence-electron chi connectivity index (χ2n) is 5.19. The number of hydrogen-bond acceptors (Lipinski definition) is 5. The zero-order chi connectivity index (χ0) is 17.4. The number of rotatable bonds is 9. The monoisotopic (exact) mass is 325 g/mol. The van der Waals surface area contributed by atoms with Crippen LogP contribution in [0.2, 0.25) is 0 Å². The minimum atomic E-state index is -1.34. The quantitative estimate of drug-likeness (QED) is 0.261. The molecule has 6 N–H and O–H groups in total. The van der Waals surface area contributed by atoms with Crippen LogP contribution < -0.4 is 21.5 Å². The van der Waals surface area contributed by atoms with Crippen molar-refractivity contribution in [2.45, 2.75) is 25.8 Å². The first-order valence-electron chi connectivity index (χ1n) is 7.23. The molecule has 0 aliphatic carbocycles. The third-order valence-corrected chi connectivity index (χ3v) is 3.24. The van der Waals surface area contributed by atoms with Gasteiger partial charge in [-0.25, -0.2) is 0 Å². The Bertz CT molecular complexity index is 591. The van der Waals surface area contributed by atoms with Gasteiger partial charge in [0.15, 0.2) is 0 Å². The molecule has 0 fully saturated rings. The summed E-state index contributed by atoms with van der Waals surface area (Å²) < 4.78 is 0. The minimum absolute atomic E-state index is 0.0421. The molecule has 1 aromatic carbocycles. The number of benzene rings is 1. The van der Waals surface area contributed by atoms with Gasteiger partial charge in [-0.1, -0.05) is 6.07 Å². The molecule has 1 atom stereocenters. The summed E-state index contributed by atoms with van der Waals surface area (Å²) in [7, 11) is 0. The third-order valence-electron chi connectivity index (χ3n) is 3.24. The predicted molar refractivity (Wildman–Crippen MR) is 79.0 cm³/mol. The highest BCUT2D eigenvalue weighted by Crippen LogP contribution is 2.25. The van der Waals surface area contributed by atoms with Gasteiger partial charge in [0.1, 0.15) is 11.7 Å². The Morgan fingerprint density at radius 3 is 2.70 bits per heavy atom. The second kappa shape index (κ2) is 8.81. The van der Waals surface area contributed by atoms with Crippen LogP contribution in [0.15, 0.2) is 18.2 Å². The van der Waals surface area contributed by atoms with Crippen LogP contribution in [0.25, 0.3) is 0 Å². The first-order valence-corrected chi connectivity index (χ1v) is 7.23. The lowest BCUT2D eigenvalue weighted by Crippen LogP contribution is -2.93. The van der Waals surface area contributed by atoms with Crippen LogP contribution in [0.1, 0.15) is 18.4 Å². The number of nitrogens with one attached hydrogen (secondary N) is 1. The number of carboxylic acid groups (broad SMARTS) is 1. The number of nitro groups is 1. The molecule has 9 heteroatoms. The van der Waals surface area contributed by atoms with Crippen molar-refractivity contribution in [3.05, 3.63) is 33.9 Å². The van der Waals surface area contributed by atoms with Gasteiger partial charge in [-0.2, -0.15) is 0 Å². The lowest BCUT2D eigenvalue weighted by atomic mass is 10.1. The van der Waals surface area contributed by atoms with E-state index >= 15 is 0 Å². The number of nitrogens with zero attached hydrogens (tertiary/aromatic N) is 1. The van der Waals surface area contributed by atoms with Gasteiger partial charge >= 0.3 is 0 Å². The van der Waals surface area contributed by atoms with E-state index in [0.717, 1.165) is 6.42 Å². The molecule has 0 saturated heterocycles. The van der Waals surface area contributed by atoms with E-state index in [1.807, 2.05) is 0 Å². The highest BCUT2D eigenvalue weighted by atomic mass is 16.6. The summed E-state index contributed by atoms with van der Waals surface area (Å²) in [5, 5.41) is 25.9. The van der Waals surface area contributed by atoms with Crippen molar-refractivity contribution < 1.29 is 30.7 Å². The third kappa shape index (κ3) is 6.01. The molecular weight excluding hydrogens is 304 g/mol. The maximum Gasteiger partial charge on any atom is 0.293 e. The van der Waals surface area contributed by atoms with E-state index < -0.39 is 22.8 Å². The van der Waals surface area contributed by atoms with Gasteiger partial charge in [-0.05, 0) is 18.6 Å². The second-order valence-corrected chi connectivity index (χ2v) is 5.19. The van der Waals surface area contributed by atoms with Gasteiger partial charge in [0.2, 0.25) is 5.91 Å². The van der Waals surface area contributed by atoms with Crippen molar-refractivity contribution >= 4 is 23.3 Å². The fraction of sp³-hybridized carbons (Fsp3) is 0.429. The topological polar surface area (TPSA) is 157 Å². The number of carboxylic acids is 1. The van der Waals surface area contributed by atoms with Crippen LogP contribution in [0.3, 0.4) is 0 Å². The maximum absolute atomic E-state index is 12.0. The van der Waals surface area contributed by atoms with E-state index in [9.17, 15) is 24.8 Å². The van der Waals surface area contributed by atoms with E-state index in [2.05, 4.69) is 11.1 Å². The van der Waals surface area contributed by atoms with E-state index in [1.54, 1.807) is 13.0 Å². The molecule has 126 valence electrons. The Hall–Kier alpha value is -2.52. The standard InChI is InChI=1S/C14H20N4O5/c1-9-3-4-10(12(7-9)18(22)23)17-13(19)8-11(14(20)21)16-6-2-5-15/h3-4,7,11,16H,2,5-6,8,15H2,1H3,(H,17,19)(H,20,21)/p+1/t11-/m0/s1. The Balaban J connectivity index is 2.75. The molecule has 0 saturated carbocycles. The molecular formula is C14H21N4O5+. The highest BCUT2D eigenvalue weighted by Gasteiger charge is 2.21. The Morgan fingerprint density at radius 1 is 1.43 bits per heavy atom. The Morgan fingerprint density at radius 2 is 2.13 bits per heavy atom. The van der Waals surface area contributed by atoms with E-state index in [-0.39, 0.29) is 17.8 Å². The molecule has 9 nitrogen and oxygen atoms in total. The Labute approximate surface area is 133 Å². The van der Waals surface area contributed by atoms with Gasteiger partial charge in [-0.15, -0.1) is 0 Å². The van der Waals surface area contributed by atoms with Crippen molar-refractivity contribution in [2.24, 2.45) is 0 Å². The summed E-state index contributed by atoms with van der Waals surface area (Å²) in [5.74, 6) is -1.96. The number of hydrogen-bond donors (Lipinski definition) is 3. The normalized spacial score (nSPS) is 11.7. The molecule has 0 heterocycles. The van der Waals surface area contributed by atoms with Crippen LogP contribution in [-0.2, 0) is 9.59 Å². The van der Waals surface area contributed by atoms with Crippen molar-refractivity contribution in [2.75, 3.05) is 18.4 Å². The molecule has 0 aliphatic rings. The fourth-order valence-electron chi connectivity index (χ4n) is 2.03. The summed E-state index contributed by atoms with van der Waals surface area (Å²) in [6, 6.07) is 3.35. The van der Waals surface area contributed by atoms with Gasteiger partial charge in [0, 0.05) is 12.5 Å². The minimum Gasteiger partial charge on any atom is -0.544 e. The molecule has 0 aromatic heterocycles. The summed E-state index contributed by atoms with van der Waals surface area (Å²) in [6.45, 7) is 2.88. The van der Waals surface area contributed by atoms with Crippen LogP contribution in [0.4, 0.5) is 11.4 Å². The number of carbonyl (C=O) groups is 2. The van der Waals surface area contributed by atoms with Crippen molar-refractivity contribution in [1.82, 2.24) is 0 Å². The van der Waals surface area contributed by atoms with E-state index in [4.69, 9.17) is 0 Å². The number of anilines is 1. The average Bonchev–Trinajstić information content (AvgIpc) is 2.47. The zero-order valence-corrected chi connectivity index (χ0v) is 12.9. The first kappa shape index (κ1) is 18.5. The number of nitro benzene ring substituents is 1. The molecule has 1 aromatic rings. The average molecular weight is 325 g/mol. The summed E-state index contributed by atoms with van der Waals surface area (Å²) >= 11 is 0. The fourth-order valence-corrected chi connectivity index (χ4v) is 2.03. The van der Waals surface area contributed by atoms with Gasteiger partial charge in [0.25, 0.3) is 5.69 Å². The lowest BCUT2D eigenvalue weighted by molar-refractivity contribution is -0.684. The number of amides is 1. The molecule has 0 spiro atoms. The van der Waals surface area contributed by atoms with Gasteiger partial charge in [0.05, 0.1) is 30.4 Å². The van der Waals surface area contributed by atoms with Crippen LogP contribution in [-0.4, -0.2) is 35.9 Å². The molecule has 0 bridgehead atoms. The first-order chi connectivity index (χ1) is 10.8. The molecule has 0 radical (unpaired) electrons. The smallest absolute Gasteiger partial charge is 0.293 e. The number of nitrogens with two attached hydrogens (primary N) is 1. The van der Waals surface area contributed by atoms with Gasteiger partial charge in [-0.3, -0.25) is 14.9 Å². The summed E-state index contributed by atoms with van der Waals surface area (Å²) in [6.07, 6.45) is 0.388. The number of aryl methyl sites for hydroxylation is 1. The van der Waals surface area contributed by atoms with Crippen molar-refractivity contribution in [3.8, 4) is 0 Å². The Kier molecular flexibility index (Phi) is 7.10. The van der Waals surface area contributed by atoms with Crippen LogP contribution >= 0.6 is 0 Å². The van der Waals surface area contributed by atoms with Crippen molar-refractivity contribution in [3.63, 3.8) is 0 Å². The molecule has 23 heavy (non-hydrogen) atoms. The summed E-state index contributed by atoms with van der Waals surface area (Å²) in [4.78, 5) is 33.4. The van der Waals surface area contributed by atoms with Gasteiger partial charge < -0.3 is 26.3 Å². The molecule has 0 aliphatic heterocycles. The lowest BCUT2D eigenvalue weighted by Gasteiger charge is -2.16.